The number of nitrogens with zero attached hydrogens (tertiary/aromatic N) is 1. The smallest absolute Gasteiger partial charge is 0.308 e. The quantitative estimate of drug-likeness (QED) is 0.469. The topological polar surface area (TPSA) is 46.6 Å². The third-order valence-electron chi connectivity index (χ3n) is 3.34. The van der Waals surface area contributed by atoms with Crippen LogP contribution in [0.2, 0.25) is 0 Å². The molecule has 0 bridgehead atoms. The van der Waals surface area contributed by atoms with Gasteiger partial charge in [-0.3, -0.25) is 9.59 Å². The molecule has 1 aromatic carbocycles. The van der Waals surface area contributed by atoms with E-state index in [0.29, 0.717) is 12.3 Å². The first-order chi connectivity index (χ1) is 9.72. The van der Waals surface area contributed by atoms with Crippen molar-refractivity contribution in [2.75, 3.05) is 11.4 Å². The third kappa shape index (κ3) is 3.53. The second-order valence-corrected chi connectivity index (χ2v) is 5.67. The van der Waals surface area contributed by atoms with Crippen molar-refractivity contribution in [3.8, 4) is 5.75 Å². The Bertz CT molecular complexity index is 579. The Kier molecular flexibility index (Phi) is 5.72. The van der Waals surface area contributed by atoms with Gasteiger partial charge in [-0.1, -0.05) is 6.08 Å². The Hall–Kier alpha value is -1.62. The van der Waals surface area contributed by atoms with Gasteiger partial charge in [-0.25, -0.2) is 0 Å². The van der Waals surface area contributed by atoms with Gasteiger partial charge in [-0.05, 0) is 47.8 Å². The van der Waals surface area contributed by atoms with E-state index in [0.717, 1.165) is 26.9 Å². The lowest BCUT2D eigenvalue weighted by molar-refractivity contribution is -0.132. The Morgan fingerprint density at radius 3 is 2.19 bits per heavy atom. The monoisotopic (exact) mass is 353 g/mol. The van der Waals surface area contributed by atoms with Gasteiger partial charge in [0.05, 0.1) is 5.69 Å². The fraction of sp³-hybridized carbons (Fsp3) is 0.375. The fourth-order valence-electron chi connectivity index (χ4n) is 2.20. The summed E-state index contributed by atoms with van der Waals surface area (Å²) in [6.45, 7) is 12.6. The van der Waals surface area contributed by atoms with Crippen LogP contribution in [0.25, 0.3) is 0 Å². The van der Waals surface area contributed by atoms with E-state index in [1.165, 1.54) is 13.8 Å². The fourth-order valence-corrected chi connectivity index (χ4v) is 2.89. The molecular weight excluding hydrogens is 334 g/mol. The van der Waals surface area contributed by atoms with Crippen LogP contribution in [0.4, 0.5) is 5.69 Å². The summed E-state index contributed by atoms with van der Waals surface area (Å²) in [5.74, 6) is 0.102. The molecule has 0 heterocycles. The standard InChI is InChI=1S/C16H20BrNO3/c1-7-8-18(12(5)19)15-9(2)10(3)16(21-13(6)20)11(4)14(15)17/h7H,1,8H2,2-6H3. The Morgan fingerprint density at radius 1 is 1.19 bits per heavy atom. The van der Waals surface area contributed by atoms with Gasteiger partial charge in [-0.15, -0.1) is 6.58 Å². The second-order valence-electron chi connectivity index (χ2n) is 4.88. The number of halogens is 1. The molecule has 1 rings (SSSR count). The minimum atomic E-state index is -0.366. The molecule has 5 heteroatoms. The lowest BCUT2D eigenvalue weighted by atomic mass is 10.0. The van der Waals surface area contributed by atoms with Crippen LogP contribution in [0, 0.1) is 20.8 Å². The Morgan fingerprint density at radius 2 is 1.76 bits per heavy atom. The molecular formula is C16H20BrNO3. The van der Waals surface area contributed by atoms with Gasteiger partial charge in [0.2, 0.25) is 5.91 Å². The largest absolute Gasteiger partial charge is 0.426 e. The predicted molar refractivity (Wildman–Crippen MR) is 87.9 cm³/mol. The highest BCUT2D eigenvalue weighted by atomic mass is 79.9. The first kappa shape index (κ1) is 17.4. The van der Waals surface area contributed by atoms with Gasteiger partial charge < -0.3 is 9.64 Å². The van der Waals surface area contributed by atoms with Crippen molar-refractivity contribution in [3.63, 3.8) is 0 Å². The number of hydrogen-bond donors (Lipinski definition) is 0. The van der Waals surface area contributed by atoms with Crippen molar-refractivity contribution >= 4 is 33.5 Å². The lowest BCUT2D eigenvalue weighted by Crippen LogP contribution is -2.30. The highest BCUT2D eigenvalue weighted by Crippen LogP contribution is 2.41. The normalized spacial score (nSPS) is 10.2. The Balaban J connectivity index is 3.59. The molecule has 0 unspecified atom stereocenters. The van der Waals surface area contributed by atoms with Crippen LogP contribution in [0.1, 0.15) is 30.5 Å². The lowest BCUT2D eigenvalue weighted by Gasteiger charge is -2.26. The van der Waals surface area contributed by atoms with Crippen molar-refractivity contribution in [2.45, 2.75) is 34.6 Å². The summed E-state index contributed by atoms with van der Waals surface area (Å²) < 4.78 is 6.05. The van der Waals surface area contributed by atoms with E-state index in [1.54, 1.807) is 11.0 Å². The first-order valence-corrected chi connectivity index (χ1v) is 7.38. The number of rotatable bonds is 4. The van der Waals surface area contributed by atoms with Gasteiger partial charge in [0.25, 0.3) is 0 Å². The maximum absolute atomic E-state index is 11.9. The number of ether oxygens (including phenoxy) is 1. The van der Waals surface area contributed by atoms with Crippen LogP contribution in [0.5, 0.6) is 5.75 Å². The molecule has 0 atom stereocenters. The van der Waals surface area contributed by atoms with Gasteiger partial charge in [0.15, 0.2) is 0 Å². The summed E-state index contributed by atoms with van der Waals surface area (Å²) in [7, 11) is 0. The molecule has 0 saturated heterocycles. The van der Waals surface area contributed by atoms with E-state index in [4.69, 9.17) is 4.74 Å². The number of esters is 1. The Labute approximate surface area is 133 Å². The number of anilines is 1. The summed E-state index contributed by atoms with van der Waals surface area (Å²) >= 11 is 3.53. The minimum Gasteiger partial charge on any atom is -0.426 e. The van der Waals surface area contributed by atoms with Gasteiger partial charge >= 0.3 is 5.97 Å². The predicted octanol–water partition coefficient (Wildman–Crippen LogP) is 3.84. The zero-order valence-corrected chi connectivity index (χ0v) is 14.6. The maximum Gasteiger partial charge on any atom is 0.308 e. The minimum absolute atomic E-state index is 0.0715. The molecule has 114 valence electrons. The van der Waals surface area contributed by atoms with Crippen LogP contribution >= 0.6 is 15.9 Å². The molecule has 1 amide bonds. The van der Waals surface area contributed by atoms with Crippen molar-refractivity contribution in [2.24, 2.45) is 0 Å². The maximum atomic E-state index is 11.9. The molecule has 0 aliphatic heterocycles. The van der Waals surface area contributed by atoms with Crippen LogP contribution in [0.3, 0.4) is 0 Å². The highest BCUT2D eigenvalue weighted by Gasteiger charge is 2.23. The van der Waals surface area contributed by atoms with Crippen LogP contribution < -0.4 is 9.64 Å². The zero-order valence-electron chi connectivity index (χ0n) is 13.0. The van der Waals surface area contributed by atoms with Crippen LogP contribution in [-0.2, 0) is 9.59 Å². The second kappa shape index (κ2) is 6.89. The summed E-state index contributed by atoms with van der Waals surface area (Å²) in [5.41, 5.74) is 3.31. The molecule has 0 N–H and O–H groups in total. The molecule has 0 aliphatic carbocycles. The average Bonchev–Trinajstić information content (AvgIpc) is 2.40. The first-order valence-electron chi connectivity index (χ1n) is 6.59. The van der Waals surface area contributed by atoms with Crippen LogP contribution in [-0.4, -0.2) is 18.4 Å². The molecule has 21 heavy (non-hydrogen) atoms. The van der Waals surface area contributed by atoms with Crippen LogP contribution in [0.15, 0.2) is 17.1 Å². The number of carbonyl (C=O) groups is 2. The molecule has 0 radical (unpaired) electrons. The van der Waals surface area contributed by atoms with Gasteiger partial charge in [-0.2, -0.15) is 0 Å². The number of carbonyl (C=O) groups excluding carboxylic acids is 2. The number of benzene rings is 1. The summed E-state index contributed by atoms with van der Waals surface area (Å²) in [4.78, 5) is 24.8. The SMILES string of the molecule is C=CCN(C(C)=O)c1c(C)c(C)c(OC(C)=O)c(C)c1Br. The van der Waals surface area contributed by atoms with E-state index in [9.17, 15) is 9.59 Å². The van der Waals surface area contributed by atoms with Crippen molar-refractivity contribution < 1.29 is 14.3 Å². The van der Waals surface area contributed by atoms with E-state index in [1.807, 2.05) is 20.8 Å². The number of hydrogen-bond acceptors (Lipinski definition) is 3. The molecule has 0 saturated carbocycles. The van der Waals surface area contributed by atoms with Crippen molar-refractivity contribution in [1.82, 2.24) is 0 Å². The molecule has 0 aromatic heterocycles. The molecule has 0 aliphatic rings. The summed E-state index contributed by atoms with van der Waals surface area (Å²) in [6.07, 6.45) is 1.68. The molecule has 1 aromatic rings. The molecule has 4 nitrogen and oxygen atoms in total. The third-order valence-corrected chi connectivity index (χ3v) is 4.31. The van der Waals surface area contributed by atoms with E-state index in [-0.39, 0.29) is 11.9 Å². The van der Waals surface area contributed by atoms with Gasteiger partial charge in [0.1, 0.15) is 5.75 Å². The van der Waals surface area contributed by atoms with Crippen molar-refractivity contribution in [3.05, 3.63) is 33.8 Å². The van der Waals surface area contributed by atoms with E-state index in [2.05, 4.69) is 22.5 Å². The highest BCUT2D eigenvalue weighted by molar-refractivity contribution is 9.10. The zero-order chi connectivity index (χ0) is 16.3. The summed E-state index contributed by atoms with van der Waals surface area (Å²) in [6, 6.07) is 0. The average molecular weight is 354 g/mol. The molecule has 0 fully saturated rings. The van der Waals surface area contributed by atoms with E-state index < -0.39 is 0 Å². The number of amides is 1. The van der Waals surface area contributed by atoms with E-state index >= 15 is 0 Å². The molecule has 0 spiro atoms. The van der Waals surface area contributed by atoms with Crippen molar-refractivity contribution in [1.29, 1.82) is 0 Å². The van der Waals surface area contributed by atoms with Gasteiger partial charge in [0, 0.05) is 30.4 Å². The summed E-state index contributed by atoms with van der Waals surface area (Å²) in [5, 5.41) is 0.